The molecule has 63 valence electrons. The molecule has 1 N–H and O–H groups in total. The number of carbonyl (C=O) groups excluding carboxylic acids is 1. The molecule has 0 aromatic carbocycles. The SMILES string of the molecule is O=[C]NS(=O)(=O)N1CCCC1. The van der Waals surface area contributed by atoms with Crippen LogP contribution in [0.4, 0.5) is 0 Å². The Kier molecular flexibility index (Phi) is 2.45. The van der Waals surface area contributed by atoms with Crippen molar-refractivity contribution in [1.82, 2.24) is 9.03 Å². The van der Waals surface area contributed by atoms with Crippen molar-refractivity contribution in [2.24, 2.45) is 0 Å². The maximum Gasteiger partial charge on any atom is 0.324 e. The Hall–Kier alpha value is -0.620. The Morgan fingerprint density at radius 2 is 1.82 bits per heavy atom. The van der Waals surface area contributed by atoms with Gasteiger partial charge in [-0.05, 0) is 12.8 Å². The lowest BCUT2D eigenvalue weighted by molar-refractivity contribution is 0.470. The van der Waals surface area contributed by atoms with E-state index in [0.717, 1.165) is 19.3 Å². The highest BCUT2D eigenvalue weighted by molar-refractivity contribution is 7.87. The second-order valence-corrected chi connectivity index (χ2v) is 3.99. The normalized spacial score (nSPS) is 20.0. The Morgan fingerprint density at radius 1 is 1.27 bits per heavy atom. The van der Waals surface area contributed by atoms with Crippen molar-refractivity contribution in [3.63, 3.8) is 0 Å². The zero-order chi connectivity index (χ0) is 8.32. The van der Waals surface area contributed by atoms with Crippen molar-refractivity contribution >= 4 is 16.6 Å². The first kappa shape index (κ1) is 8.48. The number of nitrogens with one attached hydrogen (secondary N) is 1. The molecule has 1 fully saturated rings. The minimum atomic E-state index is -3.55. The highest BCUT2D eigenvalue weighted by atomic mass is 32.2. The van der Waals surface area contributed by atoms with E-state index in [9.17, 15) is 13.2 Å². The highest BCUT2D eigenvalue weighted by Crippen LogP contribution is 2.10. The van der Waals surface area contributed by atoms with Crippen LogP contribution in [0.3, 0.4) is 0 Å². The third-order valence-electron chi connectivity index (χ3n) is 1.58. The van der Waals surface area contributed by atoms with Gasteiger partial charge in [0.05, 0.1) is 0 Å². The van der Waals surface area contributed by atoms with E-state index in [4.69, 9.17) is 0 Å². The number of nitrogens with zero attached hydrogens (tertiary/aromatic N) is 1. The van der Waals surface area contributed by atoms with Gasteiger partial charge in [0.1, 0.15) is 0 Å². The molecule has 1 aliphatic heterocycles. The molecule has 1 rings (SSSR count). The number of hydrogen-bond acceptors (Lipinski definition) is 3. The van der Waals surface area contributed by atoms with Crippen LogP contribution in [0.25, 0.3) is 0 Å². The molecular formula is C5H9N2O3S. The molecule has 1 amide bonds. The zero-order valence-electron chi connectivity index (χ0n) is 5.91. The topological polar surface area (TPSA) is 66.5 Å². The smallest absolute Gasteiger partial charge is 0.262 e. The zero-order valence-corrected chi connectivity index (χ0v) is 6.73. The van der Waals surface area contributed by atoms with Gasteiger partial charge in [-0.15, -0.1) is 0 Å². The highest BCUT2D eigenvalue weighted by Gasteiger charge is 2.24. The van der Waals surface area contributed by atoms with E-state index in [2.05, 4.69) is 0 Å². The third kappa shape index (κ3) is 1.90. The van der Waals surface area contributed by atoms with E-state index in [1.807, 2.05) is 0 Å². The molecular weight excluding hydrogens is 168 g/mol. The van der Waals surface area contributed by atoms with Crippen molar-refractivity contribution in [2.45, 2.75) is 12.8 Å². The average molecular weight is 177 g/mol. The van der Waals surface area contributed by atoms with Gasteiger partial charge < -0.3 is 0 Å². The van der Waals surface area contributed by atoms with Crippen LogP contribution < -0.4 is 4.72 Å². The third-order valence-corrected chi connectivity index (χ3v) is 2.96. The molecule has 11 heavy (non-hydrogen) atoms. The van der Waals surface area contributed by atoms with E-state index in [1.165, 1.54) is 4.31 Å². The Labute approximate surface area is 65.6 Å². The Morgan fingerprint density at radius 3 is 2.27 bits per heavy atom. The molecule has 1 radical (unpaired) electrons. The van der Waals surface area contributed by atoms with Crippen LogP contribution in [0.2, 0.25) is 0 Å². The molecule has 0 atom stereocenters. The summed E-state index contributed by atoms with van der Waals surface area (Å²) in [5, 5.41) is 0. The lowest BCUT2D eigenvalue weighted by atomic mass is 10.4. The molecule has 0 aromatic rings. The van der Waals surface area contributed by atoms with Gasteiger partial charge in [0.2, 0.25) is 0 Å². The van der Waals surface area contributed by atoms with Crippen LogP contribution in [0.15, 0.2) is 0 Å². The Balaban J connectivity index is 2.63. The molecule has 0 saturated carbocycles. The summed E-state index contributed by atoms with van der Waals surface area (Å²) in [4.78, 5) is 9.74. The number of amides is 1. The van der Waals surface area contributed by atoms with Gasteiger partial charge in [-0.25, -0.2) is 4.72 Å². The van der Waals surface area contributed by atoms with Gasteiger partial charge >= 0.3 is 16.6 Å². The summed E-state index contributed by atoms with van der Waals surface area (Å²) < 4.78 is 24.9. The summed E-state index contributed by atoms with van der Waals surface area (Å²) in [5.41, 5.74) is 0. The first-order valence-electron chi connectivity index (χ1n) is 3.31. The van der Waals surface area contributed by atoms with Crippen molar-refractivity contribution in [3.05, 3.63) is 0 Å². The second-order valence-electron chi connectivity index (χ2n) is 2.32. The van der Waals surface area contributed by atoms with Gasteiger partial charge in [-0.2, -0.15) is 12.7 Å². The predicted octanol–water partition coefficient (Wildman–Crippen LogP) is -1.02. The van der Waals surface area contributed by atoms with Crippen LogP contribution in [0.5, 0.6) is 0 Å². The van der Waals surface area contributed by atoms with Gasteiger partial charge in [-0.1, -0.05) is 0 Å². The molecule has 1 heterocycles. The molecule has 5 nitrogen and oxygen atoms in total. The summed E-state index contributed by atoms with van der Waals surface area (Å²) in [7, 11) is -3.55. The predicted molar refractivity (Wildman–Crippen MR) is 38.6 cm³/mol. The quantitative estimate of drug-likeness (QED) is 0.561. The minimum Gasteiger partial charge on any atom is -0.262 e. The maximum atomic E-state index is 11.0. The van der Waals surface area contributed by atoms with Crippen LogP contribution in [-0.2, 0) is 15.0 Å². The monoisotopic (exact) mass is 177 g/mol. The Bertz CT molecular complexity index is 230. The van der Waals surface area contributed by atoms with Crippen LogP contribution >= 0.6 is 0 Å². The van der Waals surface area contributed by atoms with E-state index < -0.39 is 10.2 Å². The van der Waals surface area contributed by atoms with Crippen LogP contribution in [0.1, 0.15) is 12.8 Å². The molecule has 1 aliphatic rings. The van der Waals surface area contributed by atoms with Gasteiger partial charge in [0, 0.05) is 13.1 Å². The standard InChI is InChI=1S/C5H9N2O3S/c8-5-6-11(9,10)7-3-1-2-4-7/h1-4H2,(H,6,8). The average Bonchev–Trinajstić information content (AvgIpc) is 2.37. The minimum absolute atomic E-state index is 0.497. The number of rotatable bonds is 3. The van der Waals surface area contributed by atoms with Gasteiger partial charge in [-0.3, -0.25) is 4.79 Å². The number of hydrogen-bond donors (Lipinski definition) is 1. The van der Waals surface area contributed by atoms with E-state index in [0.29, 0.717) is 13.1 Å². The molecule has 6 heteroatoms. The fraction of sp³-hybridized carbons (Fsp3) is 0.800. The molecule has 0 bridgehead atoms. The summed E-state index contributed by atoms with van der Waals surface area (Å²) in [6, 6.07) is 0. The molecule has 1 saturated heterocycles. The second kappa shape index (κ2) is 3.19. The lowest BCUT2D eigenvalue weighted by Crippen LogP contribution is -2.37. The van der Waals surface area contributed by atoms with E-state index in [-0.39, 0.29) is 0 Å². The maximum absolute atomic E-state index is 11.0. The summed E-state index contributed by atoms with van der Waals surface area (Å²) in [6.07, 6.45) is 2.88. The van der Waals surface area contributed by atoms with Crippen molar-refractivity contribution in [2.75, 3.05) is 13.1 Å². The van der Waals surface area contributed by atoms with Crippen LogP contribution in [-0.4, -0.2) is 32.2 Å². The largest absolute Gasteiger partial charge is 0.324 e. The van der Waals surface area contributed by atoms with Crippen molar-refractivity contribution in [3.8, 4) is 0 Å². The molecule has 0 aliphatic carbocycles. The van der Waals surface area contributed by atoms with Crippen molar-refractivity contribution < 1.29 is 13.2 Å². The lowest BCUT2D eigenvalue weighted by Gasteiger charge is -2.12. The van der Waals surface area contributed by atoms with E-state index >= 15 is 0 Å². The summed E-state index contributed by atoms with van der Waals surface area (Å²) in [6.45, 7) is 0.994. The molecule has 0 spiro atoms. The molecule has 0 aromatic heterocycles. The first-order chi connectivity index (χ1) is 5.17. The van der Waals surface area contributed by atoms with Gasteiger partial charge in [0.15, 0.2) is 0 Å². The fourth-order valence-corrected chi connectivity index (χ4v) is 2.02. The summed E-state index contributed by atoms with van der Waals surface area (Å²) in [5.74, 6) is 0. The fourth-order valence-electron chi connectivity index (χ4n) is 1.05. The van der Waals surface area contributed by atoms with E-state index in [1.54, 1.807) is 4.72 Å². The van der Waals surface area contributed by atoms with Crippen LogP contribution in [0, 0.1) is 0 Å². The summed E-state index contributed by atoms with van der Waals surface area (Å²) >= 11 is 0. The van der Waals surface area contributed by atoms with Gasteiger partial charge in [0.25, 0.3) is 0 Å². The molecule has 0 unspecified atom stereocenters. The van der Waals surface area contributed by atoms with Crippen molar-refractivity contribution in [1.29, 1.82) is 0 Å². The first-order valence-corrected chi connectivity index (χ1v) is 4.75.